The van der Waals surface area contributed by atoms with Gasteiger partial charge < -0.3 is 42.7 Å². The Balaban J connectivity index is 2.54. The quantitative estimate of drug-likeness (QED) is 0.0550. The van der Waals surface area contributed by atoms with Crippen molar-refractivity contribution in [2.24, 2.45) is 5.73 Å². The van der Waals surface area contributed by atoms with Gasteiger partial charge in [0.25, 0.3) is 16.0 Å². The van der Waals surface area contributed by atoms with Gasteiger partial charge in [0.15, 0.2) is 0 Å². The summed E-state index contributed by atoms with van der Waals surface area (Å²) in [7, 11) is -1.55. The van der Waals surface area contributed by atoms with Crippen LogP contribution in [-0.4, -0.2) is 105 Å². The molecule has 3 atom stereocenters. The number of rotatable bonds is 21. The molecular weight excluding hydrogens is 586 g/mol. The van der Waals surface area contributed by atoms with E-state index in [9.17, 15) is 37.5 Å². The molecule has 3 unspecified atom stereocenters. The number of carboxylic acids is 1. The number of amides is 4. The van der Waals surface area contributed by atoms with Gasteiger partial charge in [-0.15, -0.1) is 0 Å². The van der Waals surface area contributed by atoms with Crippen molar-refractivity contribution in [2.45, 2.75) is 56.7 Å². The number of carbonyl (C=O) groups is 5. The average molecular weight is 630 g/mol. The number of hydrogen-bond acceptors (Lipinski definition) is 10. The zero-order chi connectivity index (χ0) is 32.4. The molecule has 4 amide bonds. The Morgan fingerprint density at radius 1 is 0.860 bits per heavy atom. The van der Waals surface area contributed by atoms with Crippen LogP contribution in [0.5, 0.6) is 0 Å². The van der Waals surface area contributed by atoms with Crippen LogP contribution in [0.2, 0.25) is 0 Å². The summed E-state index contributed by atoms with van der Waals surface area (Å²) in [5.41, 5.74) is 6.80. The highest BCUT2D eigenvalue weighted by Crippen LogP contribution is 2.10. The van der Waals surface area contributed by atoms with E-state index in [1.807, 2.05) is 0 Å². The minimum atomic E-state index is -4.32. The third-order valence-corrected chi connectivity index (χ3v) is 7.08. The van der Waals surface area contributed by atoms with Crippen LogP contribution in [0.3, 0.4) is 0 Å². The maximum Gasteiger partial charge on any atom is 0.326 e. The molecule has 0 saturated carbocycles. The summed E-state index contributed by atoms with van der Waals surface area (Å²) in [6, 6.07) is 3.49. The van der Waals surface area contributed by atoms with Gasteiger partial charge in [-0.3, -0.25) is 23.7 Å². The standard InChI is InChI=1S/C26H43N7O9S/c1-28-19(12-16-43(40,41)42)25(37)33-21(26(38)39)10-11-22(34)32-20(24(36)29-2)5-3-4-14-31-23(35)17-6-8-18(9-7-17)30-15-13-27/h6-9,19-21,28,30H,3-5,10-16,27H2,1-2H3,(H,29,36)(H,31,35)(H,32,34)(H,33,37)(H,38,39)(H,40,41,42). The third kappa shape index (κ3) is 15.3. The Morgan fingerprint density at radius 2 is 1.53 bits per heavy atom. The predicted molar refractivity (Wildman–Crippen MR) is 159 cm³/mol. The number of likely N-dealkylation sites (N-methyl/N-ethyl adjacent to an activating group) is 2. The van der Waals surface area contributed by atoms with Crippen LogP contribution in [-0.2, 0) is 29.3 Å². The van der Waals surface area contributed by atoms with E-state index in [4.69, 9.17) is 10.3 Å². The first kappa shape index (κ1) is 37.2. The topological polar surface area (TPSA) is 258 Å². The van der Waals surface area contributed by atoms with Gasteiger partial charge in [0, 0.05) is 44.4 Å². The molecule has 0 saturated heterocycles. The smallest absolute Gasteiger partial charge is 0.326 e. The van der Waals surface area contributed by atoms with Gasteiger partial charge in [0.05, 0.1) is 11.8 Å². The van der Waals surface area contributed by atoms with Crippen LogP contribution in [0, 0.1) is 0 Å². The summed E-state index contributed by atoms with van der Waals surface area (Å²) >= 11 is 0. The van der Waals surface area contributed by atoms with E-state index in [2.05, 4.69) is 31.9 Å². The monoisotopic (exact) mass is 629 g/mol. The average Bonchev–Trinajstić information content (AvgIpc) is 2.96. The number of anilines is 1. The van der Waals surface area contributed by atoms with Crippen LogP contribution in [0.4, 0.5) is 5.69 Å². The SMILES string of the molecule is CNC(=O)C(CCCCNC(=O)c1ccc(NCCN)cc1)NC(=O)CCC(NC(=O)C(CCS(=O)(=O)O)NC)C(=O)O. The molecule has 0 heterocycles. The van der Waals surface area contributed by atoms with Crippen molar-refractivity contribution in [2.75, 3.05) is 44.8 Å². The lowest BCUT2D eigenvalue weighted by Gasteiger charge is -2.21. The first-order chi connectivity index (χ1) is 20.3. The summed E-state index contributed by atoms with van der Waals surface area (Å²) in [5, 5.41) is 25.2. The summed E-state index contributed by atoms with van der Waals surface area (Å²) in [5.74, 6) is -4.23. The molecule has 1 aromatic carbocycles. The van der Waals surface area contributed by atoms with E-state index >= 15 is 0 Å². The zero-order valence-corrected chi connectivity index (χ0v) is 25.2. The molecule has 0 bridgehead atoms. The molecule has 0 radical (unpaired) electrons. The van der Waals surface area contributed by atoms with Crippen LogP contribution in [0.15, 0.2) is 24.3 Å². The van der Waals surface area contributed by atoms with Gasteiger partial charge in [0.1, 0.15) is 12.1 Å². The van der Waals surface area contributed by atoms with Crippen molar-refractivity contribution in [1.29, 1.82) is 0 Å². The van der Waals surface area contributed by atoms with E-state index in [1.165, 1.54) is 14.1 Å². The lowest BCUT2D eigenvalue weighted by atomic mass is 10.1. The second kappa shape index (κ2) is 19.4. The Labute approximate surface area is 251 Å². The van der Waals surface area contributed by atoms with Gasteiger partial charge in [0.2, 0.25) is 17.7 Å². The van der Waals surface area contributed by atoms with E-state index < -0.39 is 57.7 Å². The first-order valence-electron chi connectivity index (χ1n) is 13.8. The fourth-order valence-corrected chi connectivity index (χ4v) is 4.45. The van der Waals surface area contributed by atoms with Gasteiger partial charge >= 0.3 is 5.97 Å². The van der Waals surface area contributed by atoms with Crippen molar-refractivity contribution in [3.8, 4) is 0 Å². The number of aliphatic carboxylic acids is 1. The van der Waals surface area contributed by atoms with Gasteiger partial charge in [-0.25, -0.2) is 4.79 Å². The number of carbonyl (C=O) groups excluding carboxylic acids is 4. The highest BCUT2D eigenvalue weighted by Gasteiger charge is 2.27. The largest absolute Gasteiger partial charge is 0.480 e. The fourth-order valence-electron chi connectivity index (χ4n) is 3.92. The summed E-state index contributed by atoms with van der Waals surface area (Å²) in [4.78, 5) is 61.2. The number of hydrogen-bond donors (Lipinski definition) is 9. The fraction of sp³-hybridized carbons (Fsp3) is 0.577. The number of carboxylic acid groups (broad SMARTS) is 1. The van der Waals surface area contributed by atoms with E-state index in [0.29, 0.717) is 38.0 Å². The molecule has 17 heteroatoms. The molecule has 16 nitrogen and oxygen atoms in total. The maximum absolute atomic E-state index is 12.5. The summed E-state index contributed by atoms with van der Waals surface area (Å²) < 4.78 is 30.8. The predicted octanol–water partition coefficient (Wildman–Crippen LogP) is -1.60. The van der Waals surface area contributed by atoms with Crippen molar-refractivity contribution in [3.63, 3.8) is 0 Å². The molecule has 0 fully saturated rings. The zero-order valence-electron chi connectivity index (χ0n) is 24.4. The minimum Gasteiger partial charge on any atom is -0.480 e. The van der Waals surface area contributed by atoms with Crippen LogP contribution in [0.1, 0.15) is 48.9 Å². The second-order valence-corrected chi connectivity index (χ2v) is 11.2. The van der Waals surface area contributed by atoms with Crippen molar-refractivity contribution in [3.05, 3.63) is 29.8 Å². The molecule has 1 rings (SSSR count). The Kier molecular flexibility index (Phi) is 16.8. The van der Waals surface area contributed by atoms with Crippen molar-refractivity contribution >= 4 is 45.4 Å². The highest BCUT2D eigenvalue weighted by molar-refractivity contribution is 7.85. The Hall–Kier alpha value is -3.80. The lowest BCUT2D eigenvalue weighted by Crippen LogP contribution is -2.50. The van der Waals surface area contributed by atoms with Crippen LogP contribution in [0.25, 0.3) is 0 Å². The van der Waals surface area contributed by atoms with Gasteiger partial charge in [-0.1, -0.05) is 0 Å². The van der Waals surface area contributed by atoms with E-state index in [1.54, 1.807) is 24.3 Å². The molecule has 0 aliphatic heterocycles. The van der Waals surface area contributed by atoms with E-state index in [0.717, 1.165) is 5.69 Å². The van der Waals surface area contributed by atoms with Crippen molar-refractivity contribution in [1.82, 2.24) is 26.6 Å². The molecule has 0 spiro atoms. The lowest BCUT2D eigenvalue weighted by molar-refractivity contribution is -0.142. The Bertz CT molecular complexity index is 1180. The maximum atomic E-state index is 12.5. The molecular formula is C26H43N7O9S. The van der Waals surface area contributed by atoms with Crippen molar-refractivity contribution < 1.29 is 42.0 Å². The van der Waals surface area contributed by atoms with E-state index in [-0.39, 0.29) is 31.6 Å². The Morgan fingerprint density at radius 3 is 2.09 bits per heavy atom. The molecule has 0 aromatic heterocycles. The normalized spacial score (nSPS) is 13.2. The highest BCUT2D eigenvalue weighted by atomic mass is 32.2. The summed E-state index contributed by atoms with van der Waals surface area (Å²) in [6.45, 7) is 1.45. The second-order valence-electron chi connectivity index (χ2n) is 9.63. The first-order valence-corrected chi connectivity index (χ1v) is 15.4. The number of nitrogens with one attached hydrogen (secondary N) is 6. The summed E-state index contributed by atoms with van der Waals surface area (Å²) in [6.07, 6.45) is 0.367. The molecule has 0 aliphatic rings. The third-order valence-electron chi connectivity index (χ3n) is 6.33. The van der Waals surface area contributed by atoms with Gasteiger partial charge in [-0.05, 0) is 63.4 Å². The number of benzene rings is 1. The minimum absolute atomic E-state index is 0.249. The van der Waals surface area contributed by atoms with Gasteiger partial charge in [-0.2, -0.15) is 8.42 Å². The molecule has 1 aromatic rings. The molecule has 0 aliphatic carbocycles. The van der Waals surface area contributed by atoms with Crippen LogP contribution < -0.4 is 37.6 Å². The van der Waals surface area contributed by atoms with Crippen LogP contribution >= 0.6 is 0 Å². The molecule has 242 valence electrons. The molecule has 43 heavy (non-hydrogen) atoms. The number of nitrogens with two attached hydrogens (primary N) is 1. The number of unbranched alkanes of at least 4 members (excludes halogenated alkanes) is 1. The molecule has 10 N–H and O–H groups in total.